The summed E-state index contributed by atoms with van der Waals surface area (Å²) in [5.74, 6) is 0.999. The van der Waals surface area contributed by atoms with Gasteiger partial charge in [-0.05, 0) is 25.1 Å². The highest BCUT2D eigenvalue weighted by Gasteiger charge is 2.18. The van der Waals surface area contributed by atoms with Crippen molar-refractivity contribution < 1.29 is 9.15 Å². The maximum Gasteiger partial charge on any atom is 0.158 e. The molecule has 0 bridgehead atoms. The maximum atomic E-state index is 5.62. The van der Waals surface area contributed by atoms with Crippen molar-refractivity contribution in [3.8, 4) is 11.3 Å². The SMILES string of the molecule is Cc1ccc(-c2cc3nc(CN=Cc4coc5ccccc45)cc(N4CCOCC4)n3n2)cn1. The molecule has 0 unspecified atom stereocenters. The molecule has 1 saturated heterocycles. The molecule has 34 heavy (non-hydrogen) atoms. The van der Waals surface area contributed by atoms with Crippen LogP contribution in [0.2, 0.25) is 0 Å². The highest BCUT2D eigenvalue weighted by molar-refractivity contribution is 5.97. The van der Waals surface area contributed by atoms with Gasteiger partial charge in [0.25, 0.3) is 0 Å². The largest absolute Gasteiger partial charge is 0.464 e. The molecule has 0 saturated carbocycles. The van der Waals surface area contributed by atoms with Crippen molar-refractivity contribution in [1.82, 2.24) is 19.6 Å². The number of furan rings is 1. The molecule has 5 heterocycles. The number of aromatic nitrogens is 4. The van der Waals surface area contributed by atoms with Crippen molar-refractivity contribution in [2.75, 3.05) is 31.2 Å². The Balaban J connectivity index is 1.36. The van der Waals surface area contributed by atoms with E-state index < -0.39 is 0 Å². The maximum absolute atomic E-state index is 5.62. The second-order valence-electron chi connectivity index (χ2n) is 8.35. The van der Waals surface area contributed by atoms with E-state index in [0.29, 0.717) is 19.8 Å². The standard InChI is InChI=1S/C26H24N6O2/c1-18-6-7-19(15-28-18)23-13-25-29-21(12-26(32(25)30-23)31-8-10-33-11-9-31)16-27-14-20-17-34-24-5-3-2-4-22(20)24/h2-7,12-15,17H,8-11,16H2,1H3. The van der Waals surface area contributed by atoms with Gasteiger partial charge in [0.05, 0.1) is 31.1 Å². The molecule has 0 amide bonds. The van der Waals surface area contributed by atoms with Crippen LogP contribution in [0.3, 0.4) is 0 Å². The fourth-order valence-corrected chi connectivity index (χ4v) is 4.20. The third-order valence-electron chi connectivity index (χ3n) is 6.00. The molecule has 0 aliphatic carbocycles. The van der Waals surface area contributed by atoms with Crippen LogP contribution < -0.4 is 4.90 Å². The van der Waals surface area contributed by atoms with Crippen molar-refractivity contribution in [3.63, 3.8) is 0 Å². The highest BCUT2D eigenvalue weighted by Crippen LogP contribution is 2.25. The van der Waals surface area contributed by atoms with E-state index in [1.807, 2.05) is 66.3 Å². The van der Waals surface area contributed by atoms with E-state index in [2.05, 4.69) is 20.9 Å². The zero-order chi connectivity index (χ0) is 22.9. The van der Waals surface area contributed by atoms with E-state index in [0.717, 1.165) is 63.7 Å². The van der Waals surface area contributed by atoms with E-state index in [1.165, 1.54) is 0 Å². The van der Waals surface area contributed by atoms with Crippen LogP contribution >= 0.6 is 0 Å². The van der Waals surface area contributed by atoms with E-state index in [4.69, 9.17) is 19.2 Å². The van der Waals surface area contributed by atoms with Crippen molar-refractivity contribution in [2.24, 2.45) is 4.99 Å². The summed E-state index contributed by atoms with van der Waals surface area (Å²) in [4.78, 5) is 16.2. The molecule has 0 N–H and O–H groups in total. The molecule has 1 aliphatic rings. The van der Waals surface area contributed by atoms with Gasteiger partial charge in [-0.25, -0.2) is 4.98 Å². The van der Waals surface area contributed by atoms with Crippen LogP contribution in [-0.2, 0) is 11.3 Å². The Morgan fingerprint density at radius 2 is 1.97 bits per heavy atom. The second kappa shape index (κ2) is 8.72. The van der Waals surface area contributed by atoms with Gasteiger partial charge < -0.3 is 14.1 Å². The Hall–Kier alpha value is -4.04. The Morgan fingerprint density at radius 1 is 1.09 bits per heavy atom. The lowest BCUT2D eigenvalue weighted by atomic mass is 10.2. The Labute approximate surface area is 196 Å². The molecule has 0 spiro atoms. The number of morpholine rings is 1. The minimum atomic E-state index is 0.458. The monoisotopic (exact) mass is 452 g/mol. The zero-order valence-corrected chi connectivity index (χ0v) is 18.9. The number of hydrogen-bond acceptors (Lipinski definition) is 7. The summed E-state index contributed by atoms with van der Waals surface area (Å²) in [6, 6.07) is 16.1. The molecule has 170 valence electrons. The van der Waals surface area contributed by atoms with Crippen molar-refractivity contribution in [2.45, 2.75) is 13.5 Å². The van der Waals surface area contributed by atoms with Crippen LogP contribution in [0.5, 0.6) is 0 Å². The van der Waals surface area contributed by atoms with Crippen LogP contribution in [0.15, 0.2) is 70.4 Å². The number of pyridine rings is 1. The number of fused-ring (bicyclic) bond motifs is 2. The van der Waals surface area contributed by atoms with Gasteiger partial charge in [0.1, 0.15) is 17.7 Å². The topological polar surface area (TPSA) is 81.0 Å². The lowest BCUT2D eigenvalue weighted by molar-refractivity contribution is 0.122. The second-order valence-corrected chi connectivity index (χ2v) is 8.35. The minimum absolute atomic E-state index is 0.458. The first-order valence-corrected chi connectivity index (χ1v) is 11.4. The summed E-state index contributed by atoms with van der Waals surface area (Å²) < 4.78 is 13.1. The molecule has 0 radical (unpaired) electrons. The number of nitrogens with zero attached hydrogens (tertiary/aromatic N) is 6. The highest BCUT2D eigenvalue weighted by atomic mass is 16.5. The van der Waals surface area contributed by atoms with Gasteiger partial charge in [-0.2, -0.15) is 9.61 Å². The molecule has 8 nitrogen and oxygen atoms in total. The normalized spacial score (nSPS) is 14.6. The summed E-state index contributed by atoms with van der Waals surface area (Å²) in [5.41, 5.74) is 6.28. The fourth-order valence-electron chi connectivity index (χ4n) is 4.20. The van der Waals surface area contributed by atoms with Gasteiger partial charge >= 0.3 is 0 Å². The molecule has 6 rings (SSSR count). The summed E-state index contributed by atoms with van der Waals surface area (Å²) in [6.07, 6.45) is 5.45. The predicted molar refractivity (Wildman–Crippen MR) is 131 cm³/mol. The van der Waals surface area contributed by atoms with Gasteiger partial charge in [0, 0.05) is 59.8 Å². The summed E-state index contributed by atoms with van der Waals surface area (Å²) >= 11 is 0. The number of hydrogen-bond donors (Lipinski definition) is 0. The van der Waals surface area contributed by atoms with Crippen LogP contribution in [0.4, 0.5) is 5.82 Å². The lowest BCUT2D eigenvalue weighted by Crippen LogP contribution is -2.37. The average Bonchev–Trinajstić information content (AvgIpc) is 3.49. The molecule has 8 heteroatoms. The number of ether oxygens (including phenoxy) is 1. The Kier molecular flexibility index (Phi) is 5.27. The van der Waals surface area contributed by atoms with Gasteiger partial charge in [-0.3, -0.25) is 9.98 Å². The molecular weight excluding hydrogens is 428 g/mol. The van der Waals surface area contributed by atoms with Gasteiger partial charge in [0.2, 0.25) is 0 Å². The first-order valence-electron chi connectivity index (χ1n) is 11.4. The molecule has 4 aromatic heterocycles. The van der Waals surface area contributed by atoms with E-state index in [-0.39, 0.29) is 0 Å². The zero-order valence-electron chi connectivity index (χ0n) is 18.9. The number of benzene rings is 1. The average molecular weight is 453 g/mol. The van der Waals surface area contributed by atoms with Gasteiger partial charge in [-0.15, -0.1) is 0 Å². The van der Waals surface area contributed by atoms with Crippen molar-refractivity contribution in [3.05, 3.63) is 77.9 Å². The minimum Gasteiger partial charge on any atom is -0.464 e. The Morgan fingerprint density at radius 3 is 2.82 bits per heavy atom. The number of anilines is 1. The fraction of sp³-hybridized carbons (Fsp3) is 0.231. The number of aryl methyl sites for hydroxylation is 1. The van der Waals surface area contributed by atoms with Crippen molar-refractivity contribution >= 4 is 28.6 Å². The third-order valence-corrected chi connectivity index (χ3v) is 6.00. The molecular formula is C26H24N6O2. The Bertz CT molecular complexity index is 1480. The number of para-hydroxylation sites is 1. The summed E-state index contributed by atoms with van der Waals surface area (Å²) in [5, 5.41) is 5.92. The number of rotatable bonds is 5. The quantitative estimate of drug-likeness (QED) is 0.370. The molecule has 0 atom stereocenters. The lowest BCUT2D eigenvalue weighted by Gasteiger charge is -2.29. The first kappa shape index (κ1) is 20.6. The molecule has 5 aromatic rings. The van der Waals surface area contributed by atoms with Crippen LogP contribution in [0.25, 0.3) is 27.9 Å². The van der Waals surface area contributed by atoms with Gasteiger partial charge in [-0.1, -0.05) is 18.2 Å². The van der Waals surface area contributed by atoms with E-state index in [9.17, 15) is 0 Å². The van der Waals surface area contributed by atoms with Crippen molar-refractivity contribution in [1.29, 1.82) is 0 Å². The summed E-state index contributed by atoms with van der Waals surface area (Å²) in [7, 11) is 0. The third kappa shape index (κ3) is 3.92. The van der Waals surface area contributed by atoms with E-state index >= 15 is 0 Å². The molecule has 1 aromatic carbocycles. The molecule has 1 aliphatic heterocycles. The van der Waals surface area contributed by atoms with Crippen LogP contribution in [-0.4, -0.2) is 52.1 Å². The van der Waals surface area contributed by atoms with Crippen LogP contribution in [0, 0.1) is 6.92 Å². The summed E-state index contributed by atoms with van der Waals surface area (Å²) in [6.45, 7) is 5.45. The predicted octanol–water partition coefficient (Wildman–Crippen LogP) is 4.30. The number of aliphatic imine (C=N–C) groups is 1. The first-order chi connectivity index (χ1) is 16.7. The van der Waals surface area contributed by atoms with E-state index in [1.54, 1.807) is 6.26 Å². The van der Waals surface area contributed by atoms with Crippen LogP contribution in [0.1, 0.15) is 17.0 Å². The smallest absolute Gasteiger partial charge is 0.158 e. The molecule has 1 fully saturated rings. The van der Waals surface area contributed by atoms with Gasteiger partial charge in [0.15, 0.2) is 5.65 Å².